The third kappa shape index (κ3) is 3.46. The first kappa shape index (κ1) is 14.3. The van der Waals surface area contributed by atoms with Crippen molar-refractivity contribution in [2.24, 2.45) is 5.92 Å². The number of benzene rings is 1. The molecule has 1 saturated heterocycles. The summed E-state index contributed by atoms with van der Waals surface area (Å²) in [6.07, 6.45) is 1.74. The van der Waals surface area contributed by atoms with Gasteiger partial charge in [-0.05, 0) is 59.7 Å². The Hall–Kier alpha value is -1.11. The lowest BCUT2D eigenvalue weighted by Crippen LogP contribution is -2.44. The summed E-state index contributed by atoms with van der Waals surface area (Å²) in [5, 5.41) is 2.66. The molecule has 2 rings (SSSR count). The largest absolute Gasteiger partial charge is 0.359 e. The molecule has 1 aliphatic rings. The van der Waals surface area contributed by atoms with E-state index in [0.29, 0.717) is 12.1 Å². The van der Waals surface area contributed by atoms with Crippen LogP contribution in [0.2, 0.25) is 0 Å². The molecule has 1 N–H and O–H groups in total. The van der Waals surface area contributed by atoms with Gasteiger partial charge in [0, 0.05) is 29.3 Å². The number of rotatable bonds is 2. The molecule has 1 heterocycles. The molecule has 0 aromatic heterocycles. The van der Waals surface area contributed by atoms with Crippen LogP contribution in [-0.2, 0) is 4.79 Å². The fourth-order valence-electron chi connectivity index (χ4n) is 2.35. The predicted octanol–water partition coefficient (Wildman–Crippen LogP) is 1.89. The van der Waals surface area contributed by atoms with Crippen LogP contribution < -0.4 is 5.32 Å². The molecule has 0 spiro atoms. The highest BCUT2D eigenvalue weighted by atomic mass is 127. The Balaban J connectivity index is 2.06. The Labute approximate surface area is 126 Å². The van der Waals surface area contributed by atoms with Crippen LogP contribution in [0.5, 0.6) is 0 Å². The number of nitrogens with one attached hydrogen (secondary N) is 1. The first-order valence-corrected chi connectivity index (χ1v) is 7.46. The van der Waals surface area contributed by atoms with Crippen LogP contribution in [0.1, 0.15) is 23.2 Å². The molecule has 1 aromatic rings. The number of nitrogens with zero attached hydrogens (tertiary/aromatic N) is 1. The fourth-order valence-corrected chi connectivity index (χ4v) is 2.71. The number of piperidine rings is 1. The van der Waals surface area contributed by atoms with Crippen molar-refractivity contribution in [3.05, 3.63) is 33.4 Å². The monoisotopic (exact) mass is 372 g/mol. The van der Waals surface area contributed by atoms with E-state index >= 15 is 0 Å². The van der Waals surface area contributed by atoms with Crippen LogP contribution in [0.3, 0.4) is 0 Å². The molecule has 0 bridgehead atoms. The second kappa shape index (κ2) is 6.36. The minimum Gasteiger partial charge on any atom is -0.359 e. The second-order valence-corrected chi connectivity index (χ2v) is 5.96. The predicted molar refractivity (Wildman–Crippen MR) is 81.9 cm³/mol. The molecule has 1 unspecified atom stereocenters. The topological polar surface area (TPSA) is 49.4 Å². The summed E-state index contributed by atoms with van der Waals surface area (Å²) < 4.78 is 1.11. The van der Waals surface area contributed by atoms with Crippen molar-refractivity contribution >= 4 is 34.4 Å². The third-order valence-electron chi connectivity index (χ3n) is 3.42. The number of carbonyl (C=O) groups excluding carboxylic acids is 2. The maximum atomic E-state index is 12.4. The van der Waals surface area contributed by atoms with Gasteiger partial charge in [-0.15, -0.1) is 0 Å². The van der Waals surface area contributed by atoms with E-state index in [9.17, 15) is 9.59 Å². The van der Waals surface area contributed by atoms with Gasteiger partial charge >= 0.3 is 0 Å². The molecule has 0 aliphatic carbocycles. The smallest absolute Gasteiger partial charge is 0.253 e. The summed E-state index contributed by atoms with van der Waals surface area (Å²) in [6.45, 7) is 1.25. The average Bonchev–Trinajstić information content (AvgIpc) is 2.46. The van der Waals surface area contributed by atoms with E-state index in [0.717, 1.165) is 23.0 Å². The number of amides is 2. The van der Waals surface area contributed by atoms with E-state index in [2.05, 4.69) is 27.9 Å². The Morgan fingerprint density at radius 1 is 1.32 bits per heavy atom. The maximum Gasteiger partial charge on any atom is 0.253 e. The van der Waals surface area contributed by atoms with E-state index in [4.69, 9.17) is 0 Å². The summed E-state index contributed by atoms with van der Waals surface area (Å²) in [7, 11) is 1.64. The van der Waals surface area contributed by atoms with Crippen LogP contribution >= 0.6 is 22.6 Å². The molecule has 2 amide bonds. The SMILES string of the molecule is CNC(=O)C1CCCN(C(=O)c2ccc(I)cc2)C1. The first-order chi connectivity index (χ1) is 9.11. The lowest BCUT2D eigenvalue weighted by Gasteiger charge is -2.31. The molecule has 4 nitrogen and oxygen atoms in total. The van der Waals surface area contributed by atoms with Gasteiger partial charge in [-0.1, -0.05) is 0 Å². The highest BCUT2D eigenvalue weighted by molar-refractivity contribution is 14.1. The lowest BCUT2D eigenvalue weighted by molar-refractivity contribution is -0.125. The molecule has 0 radical (unpaired) electrons. The summed E-state index contributed by atoms with van der Waals surface area (Å²) in [5.74, 6) is -0.0309. The van der Waals surface area contributed by atoms with Gasteiger partial charge in [0.2, 0.25) is 5.91 Å². The zero-order chi connectivity index (χ0) is 13.8. The van der Waals surface area contributed by atoms with Crippen molar-refractivity contribution in [1.82, 2.24) is 10.2 Å². The Morgan fingerprint density at radius 2 is 2.00 bits per heavy atom. The molecule has 1 atom stereocenters. The zero-order valence-electron chi connectivity index (χ0n) is 10.9. The molecule has 1 aliphatic heterocycles. The number of halogens is 1. The van der Waals surface area contributed by atoms with Gasteiger partial charge in [0.15, 0.2) is 0 Å². The van der Waals surface area contributed by atoms with Crippen molar-refractivity contribution in [3.63, 3.8) is 0 Å². The summed E-state index contributed by atoms with van der Waals surface area (Å²) >= 11 is 2.21. The fraction of sp³-hybridized carbons (Fsp3) is 0.429. The number of likely N-dealkylation sites (tertiary alicyclic amines) is 1. The van der Waals surface area contributed by atoms with E-state index in [1.807, 2.05) is 24.3 Å². The summed E-state index contributed by atoms with van der Waals surface area (Å²) in [5.41, 5.74) is 0.693. The van der Waals surface area contributed by atoms with Gasteiger partial charge in [-0.2, -0.15) is 0 Å². The second-order valence-electron chi connectivity index (χ2n) is 4.71. The molecular formula is C14H17IN2O2. The van der Waals surface area contributed by atoms with Crippen LogP contribution in [0, 0.1) is 9.49 Å². The highest BCUT2D eigenvalue weighted by Crippen LogP contribution is 2.19. The summed E-state index contributed by atoms with van der Waals surface area (Å²) in [4.78, 5) is 25.8. The maximum absolute atomic E-state index is 12.4. The molecule has 5 heteroatoms. The van der Waals surface area contributed by atoms with Crippen LogP contribution in [0.4, 0.5) is 0 Å². The van der Waals surface area contributed by atoms with Crippen molar-refractivity contribution in [3.8, 4) is 0 Å². The molecule has 1 aromatic carbocycles. The van der Waals surface area contributed by atoms with E-state index in [1.165, 1.54) is 0 Å². The summed E-state index contributed by atoms with van der Waals surface area (Å²) in [6, 6.07) is 7.53. The van der Waals surface area contributed by atoms with Crippen molar-refractivity contribution in [2.45, 2.75) is 12.8 Å². The van der Waals surface area contributed by atoms with Crippen LogP contribution in [-0.4, -0.2) is 36.9 Å². The Morgan fingerprint density at radius 3 is 2.63 bits per heavy atom. The van der Waals surface area contributed by atoms with Crippen molar-refractivity contribution in [2.75, 3.05) is 20.1 Å². The van der Waals surface area contributed by atoms with Crippen LogP contribution in [0.15, 0.2) is 24.3 Å². The molecule has 19 heavy (non-hydrogen) atoms. The Kier molecular flexibility index (Phi) is 4.79. The van der Waals surface area contributed by atoms with E-state index < -0.39 is 0 Å². The average molecular weight is 372 g/mol. The first-order valence-electron chi connectivity index (χ1n) is 6.38. The molecule has 1 fully saturated rings. The zero-order valence-corrected chi connectivity index (χ0v) is 13.0. The van der Waals surface area contributed by atoms with Gasteiger partial charge < -0.3 is 10.2 Å². The van der Waals surface area contributed by atoms with Gasteiger partial charge in [0.25, 0.3) is 5.91 Å². The van der Waals surface area contributed by atoms with Gasteiger partial charge in [-0.25, -0.2) is 0 Å². The van der Waals surface area contributed by atoms with Gasteiger partial charge in [0.1, 0.15) is 0 Å². The minimum absolute atomic E-state index is 0.0185. The van der Waals surface area contributed by atoms with Crippen molar-refractivity contribution in [1.29, 1.82) is 0 Å². The van der Waals surface area contributed by atoms with Gasteiger partial charge in [-0.3, -0.25) is 9.59 Å². The van der Waals surface area contributed by atoms with Crippen molar-refractivity contribution < 1.29 is 9.59 Å². The molecule has 102 valence electrons. The third-order valence-corrected chi connectivity index (χ3v) is 4.14. The standard InChI is InChI=1S/C14H17IN2O2/c1-16-13(18)11-3-2-8-17(9-11)14(19)10-4-6-12(15)7-5-10/h4-7,11H,2-3,8-9H2,1H3,(H,16,18). The highest BCUT2D eigenvalue weighted by Gasteiger charge is 2.28. The van der Waals surface area contributed by atoms with E-state index in [1.54, 1.807) is 11.9 Å². The molecular weight excluding hydrogens is 355 g/mol. The normalized spacial score (nSPS) is 19.1. The lowest BCUT2D eigenvalue weighted by atomic mass is 9.96. The number of hydrogen-bond acceptors (Lipinski definition) is 2. The quantitative estimate of drug-likeness (QED) is 0.807. The Bertz CT molecular complexity index is 473. The number of hydrogen-bond donors (Lipinski definition) is 1. The molecule has 0 saturated carbocycles. The van der Waals surface area contributed by atoms with E-state index in [-0.39, 0.29) is 17.7 Å². The van der Waals surface area contributed by atoms with Gasteiger partial charge in [0.05, 0.1) is 5.92 Å². The minimum atomic E-state index is -0.0773. The van der Waals surface area contributed by atoms with Crippen LogP contribution in [0.25, 0.3) is 0 Å². The number of carbonyl (C=O) groups is 2.